The lowest BCUT2D eigenvalue weighted by Crippen LogP contribution is -2.39. The molecule has 1 heterocycles. The third kappa shape index (κ3) is 2.73. The van der Waals surface area contributed by atoms with Crippen LogP contribution in [0.25, 0.3) is 0 Å². The lowest BCUT2D eigenvalue weighted by molar-refractivity contribution is 0.0948. The zero-order valence-corrected chi connectivity index (χ0v) is 11.7. The number of hydrogen-bond donors (Lipinski definition) is 3. The molecule has 0 spiro atoms. The second-order valence-electron chi connectivity index (χ2n) is 4.03. The van der Waals surface area contributed by atoms with E-state index in [2.05, 4.69) is 10.6 Å². The van der Waals surface area contributed by atoms with Crippen LogP contribution in [0.4, 0.5) is 5.69 Å². The number of carbonyl (C=O) groups is 1. The molecule has 0 radical (unpaired) electrons. The fraction of sp³-hybridized carbons (Fsp3) is 0.250. The van der Waals surface area contributed by atoms with Crippen molar-refractivity contribution in [1.29, 1.82) is 0 Å². The third-order valence-electron chi connectivity index (χ3n) is 2.69. The molecule has 96 valence electrons. The SMILES string of the molecule is CC1=C(C)SC(NC(=O)c2ccc(Cl)cc2N)N1. The van der Waals surface area contributed by atoms with E-state index in [9.17, 15) is 4.79 Å². The Morgan fingerprint density at radius 1 is 1.50 bits per heavy atom. The van der Waals surface area contributed by atoms with Gasteiger partial charge in [-0.25, -0.2) is 0 Å². The number of anilines is 1. The molecule has 0 fully saturated rings. The summed E-state index contributed by atoms with van der Waals surface area (Å²) in [7, 11) is 0. The van der Waals surface area contributed by atoms with Crippen LogP contribution in [-0.2, 0) is 0 Å². The van der Waals surface area contributed by atoms with Crippen molar-refractivity contribution in [2.24, 2.45) is 0 Å². The van der Waals surface area contributed by atoms with Crippen LogP contribution in [0.5, 0.6) is 0 Å². The summed E-state index contributed by atoms with van der Waals surface area (Å²) < 4.78 is 0. The average molecular weight is 284 g/mol. The highest BCUT2D eigenvalue weighted by Crippen LogP contribution is 2.28. The largest absolute Gasteiger partial charge is 0.398 e. The van der Waals surface area contributed by atoms with Crippen molar-refractivity contribution >= 4 is 35.0 Å². The minimum Gasteiger partial charge on any atom is -0.398 e. The lowest BCUT2D eigenvalue weighted by Gasteiger charge is -2.14. The maximum absolute atomic E-state index is 12.0. The molecule has 1 aliphatic heterocycles. The van der Waals surface area contributed by atoms with Crippen LogP contribution in [0, 0.1) is 0 Å². The van der Waals surface area contributed by atoms with Gasteiger partial charge in [0.25, 0.3) is 5.91 Å². The first kappa shape index (κ1) is 13.1. The third-order valence-corrected chi connectivity index (χ3v) is 4.06. The standard InChI is InChI=1S/C12H14ClN3OS/c1-6-7(2)18-12(15-6)16-11(17)9-4-3-8(13)5-10(9)14/h3-5,12,15H,14H2,1-2H3,(H,16,17). The number of thioether (sulfide) groups is 1. The molecular weight excluding hydrogens is 270 g/mol. The van der Waals surface area contributed by atoms with Gasteiger partial charge in [-0.1, -0.05) is 23.4 Å². The molecule has 1 aromatic rings. The molecule has 4 N–H and O–H groups in total. The molecular formula is C12H14ClN3OS. The predicted molar refractivity (Wildman–Crippen MR) is 76.2 cm³/mol. The van der Waals surface area contributed by atoms with Gasteiger partial charge < -0.3 is 16.4 Å². The Bertz CT molecular complexity index is 516. The number of rotatable bonds is 2. The Balaban J connectivity index is 2.05. The quantitative estimate of drug-likeness (QED) is 0.730. The van der Waals surface area contributed by atoms with Gasteiger partial charge in [-0.2, -0.15) is 0 Å². The van der Waals surface area contributed by atoms with Crippen molar-refractivity contribution in [3.63, 3.8) is 0 Å². The maximum Gasteiger partial charge on any atom is 0.255 e. The summed E-state index contributed by atoms with van der Waals surface area (Å²) >= 11 is 7.37. The van der Waals surface area contributed by atoms with Gasteiger partial charge in [-0.15, -0.1) is 0 Å². The van der Waals surface area contributed by atoms with E-state index < -0.39 is 0 Å². The highest BCUT2D eigenvalue weighted by Gasteiger charge is 2.21. The van der Waals surface area contributed by atoms with Crippen molar-refractivity contribution in [3.8, 4) is 0 Å². The van der Waals surface area contributed by atoms with Crippen LogP contribution in [0.2, 0.25) is 5.02 Å². The van der Waals surface area contributed by atoms with E-state index in [-0.39, 0.29) is 11.4 Å². The summed E-state index contributed by atoms with van der Waals surface area (Å²) in [6, 6.07) is 4.84. The van der Waals surface area contributed by atoms with E-state index in [0.29, 0.717) is 16.3 Å². The molecule has 1 aliphatic rings. The van der Waals surface area contributed by atoms with E-state index in [1.54, 1.807) is 30.0 Å². The van der Waals surface area contributed by atoms with Crippen molar-refractivity contribution in [2.75, 3.05) is 5.73 Å². The first-order chi connectivity index (χ1) is 8.47. The number of nitrogens with one attached hydrogen (secondary N) is 2. The summed E-state index contributed by atoms with van der Waals surface area (Å²) in [4.78, 5) is 13.2. The molecule has 1 amide bonds. The first-order valence-electron chi connectivity index (χ1n) is 5.44. The second-order valence-corrected chi connectivity index (χ2v) is 5.78. The number of nitrogen functional groups attached to an aromatic ring is 1. The molecule has 0 aliphatic carbocycles. The Morgan fingerprint density at radius 2 is 2.22 bits per heavy atom. The fourth-order valence-corrected chi connectivity index (χ4v) is 2.77. The second kappa shape index (κ2) is 5.12. The van der Waals surface area contributed by atoms with Crippen LogP contribution in [0.3, 0.4) is 0 Å². The summed E-state index contributed by atoms with van der Waals surface area (Å²) in [6.45, 7) is 3.99. The Labute approximate surface area is 115 Å². The van der Waals surface area contributed by atoms with Crippen LogP contribution in [0.15, 0.2) is 28.8 Å². The number of nitrogens with two attached hydrogens (primary N) is 1. The molecule has 0 bridgehead atoms. The number of amides is 1. The molecule has 1 atom stereocenters. The minimum absolute atomic E-state index is 0.146. The van der Waals surface area contributed by atoms with Gasteiger partial charge in [-0.05, 0) is 32.0 Å². The van der Waals surface area contributed by atoms with Crippen molar-refractivity contribution in [1.82, 2.24) is 10.6 Å². The topological polar surface area (TPSA) is 67.2 Å². The smallest absolute Gasteiger partial charge is 0.255 e. The van der Waals surface area contributed by atoms with E-state index >= 15 is 0 Å². The summed E-state index contributed by atoms with van der Waals surface area (Å²) in [5, 5.41) is 6.56. The van der Waals surface area contributed by atoms with Gasteiger partial charge in [-0.3, -0.25) is 4.79 Å². The molecule has 4 nitrogen and oxygen atoms in total. The van der Waals surface area contributed by atoms with Crippen molar-refractivity contribution < 1.29 is 4.79 Å². The molecule has 0 aromatic heterocycles. The van der Waals surface area contributed by atoms with Gasteiger partial charge >= 0.3 is 0 Å². The minimum atomic E-state index is -0.211. The maximum atomic E-state index is 12.0. The van der Waals surface area contributed by atoms with Gasteiger partial charge in [0.2, 0.25) is 0 Å². The molecule has 0 saturated heterocycles. The zero-order valence-electron chi connectivity index (χ0n) is 10.1. The number of hydrogen-bond acceptors (Lipinski definition) is 4. The lowest BCUT2D eigenvalue weighted by atomic mass is 10.1. The van der Waals surface area contributed by atoms with Crippen LogP contribution >= 0.6 is 23.4 Å². The molecule has 1 unspecified atom stereocenters. The van der Waals surface area contributed by atoms with Crippen molar-refractivity contribution in [2.45, 2.75) is 19.3 Å². The molecule has 18 heavy (non-hydrogen) atoms. The van der Waals surface area contributed by atoms with Crippen LogP contribution < -0.4 is 16.4 Å². The fourth-order valence-electron chi connectivity index (χ4n) is 1.60. The van der Waals surface area contributed by atoms with Crippen LogP contribution in [0.1, 0.15) is 24.2 Å². The zero-order chi connectivity index (χ0) is 13.3. The van der Waals surface area contributed by atoms with E-state index in [1.807, 2.05) is 13.8 Å². The monoisotopic (exact) mass is 283 g/mol. The number of allylic oxidation sites excluding steroid dienone is 2. The van der Waals surface area contributed by atoms with E-state index in [1.165, 1.54) is 4.91 Å². The van der Waals surface area contributed by atoms with Crippen molar-refractivity contribution in [3.05, 3.63) is 39.4 Å². The summed E-state index contributed by atoms with van der Waals surface area (Å²) in [5.41, 5.74) is 7.51. The highest BCUT2D eigenvalue weighted by molar-refractivity contribution is 8.03. The Morgan fingerprint density at radius 3 is 2.78 bits per heavy atom. The number of benzene rings is 1. The van der Waals surface area contributed by atoms with Gasteiger partial charge in [0.1, 0.15) is 0 Å². The predicted octanol–water partition coefficient (Wildman–Crippen LogP) is 2.52. The van der Waals surface area contributed by atoms with Gasteiger partial charge in [0, 0.05) is 21.3 Å². The van der Waals surface area contributed by atoms with E-state index in [0.717, 1.165) is 5.70 Å². The summed E-state index contributed by atoms with van der Waals surface area (Å²) in [6.07, 6.45) is 0. The number of carbonyl (C=O) groups excluding carboxylic acids is 1. The molecule has 2 rings (SSSR count). The molecule has 6 heteroatoms. The average Bonchev–Trinajstić information content (AvgIpc) is 2.57. The molecule has 1 aromatic carbocycles. The Hall–Kier alpha value is -1.33. The van der Waals surface area contributed by atoms with Gasteiger partial charge in [0.05, 0.1) is 5.56 Å². The molecule has 0 saturated carbocycles. The number of halogens is 1. The normalized spacial score (nSPS) is 18.7. The highest BCUT2D eigenvalue weighted by atomic mass is 35.5. The van der Waals surface area contributed by atoms with Gasteiger partial charge in [0.15, 0.2) is 5.50 Å². The van der Waals surface area contributed by atoms with Crippen LogP contribution in [-0.4, -0.2) is 11.4 Å². The first-order valence-corrected chi connectivity index (χ1v) is 6.69. The Kier molecular flexibility index (Phi) is 3.73. The van der Waals surface area contributed by atoms with E-state index in [4.69, 9.17) is 17.3 Å². The summed E-state index contributed by atoms with van der Waals surface area (Å²) in [5.74, 6) is -0.211.